The smallest absolute Gasteiger partial charge is 0.334 e. The first kappa shape index (κ1) is 14.4. The van der Waals surface area contributed by atoms with Crippen molar-refractivity contribution in [2.45, 2.75) is 58.2 Å². The molecule has 0 rings (SSSR count). The Morgan fingerprint density at radius 3 is 2.40 bits per heavy atom. The minimum atomic E-state index is -1.06. The molecular formula is C11H22O4. The minimum Gasteiger partial charge on any atom is -0.434 e. The van der Waals surface area contributed by atoms with Crippen molar-refractivity contribution in [3.63, 3.8) is 0 Å². The Bertz CT molecular complexity index is 159. The van der Waals surface area contributed by atoms with Crippen LogP contribution < -0.4 is 0 Å². The highest BCUT2D eigenvalue weighted by atomic mass is 16.6. The highest BCUT2D eigenvalue weighted by Gasteiger charge is 2.08. The van der Waals surface area contributed by atoms with E-state index >= 15 is 0 Å². The molecule has 90 valence electrons. The van der Waals surface area contributed by atoms with Crippen LogP contribution in [0.4, 0.5) is 0 Å². The van der Waals surface area contributed by atoms with Gasteiger partial charge in [-0.15, -0.1) is 0 Å². The fourth-order valence-electron chi connectivity index (χ4n) is 1.35. The van der Waals surface area contributed by atoms with Crippen LogP contribution in [0, 0.1) is 0 Å². The number of aliphatic hydroxyl groups is 2. The maximum Gasteiger partial charge on any atom is 0.334 e. The third-order valence-corrected chi connectivity index (χ3v) is 2.20. The number of carbonyl (C=O) groups is 1. The number of esters is 1. The van der Waals surface area contributed by atoms with E-state index in [9.17, 15) is 9.90 Å². The molecule has 15 heavy (non-hydrogen) atoms. The van der Waals surface area contributed by atoms with Crippen molar-refractivity contribution in [1.82, 2.24) is 0 Å². The maximum atomic E-state index is 10.6. The zero-order valence-corrected chi connectivity index (χ0v) is 9.45. The van der Waals surface area contributed by atoms with Crippen LogP contribution in [0.15, 0.2) is 0 Å². The third kappa shape index (κ3) is 9.69. The molecule has 0 aliphatic carbocycles. The molecule has 0 aliphatic rings. The Balaban J connectivity index is 3.23. The van der Waals surface area contributed by atoms with Gasteiger partial charge in [0.1, 0.15) is 6.61 Å². The first-order valence-corrected chi connectivity index (χ1v) is 5.69. The van der Waals surface area contributed by atoms with E-state index in [1.54, 1.807) is 0 Å². The zero-order chi connectivity index (χ0) is 11.5. The second kappa shape index (κ2) is 9.93. The quantitative estimate of drug-likeness (QED) is 0.350. The van der Waals surface area contributed by atoms with Gasteiger partial charge in [-0.2, -0.15) is 0 Å². The van der Waals surface area contributed by atoms with Crippen molar-refractivity contribution in [3.05, 3.63) is 0 Å². The number of aliphatic hydroxyl groups excluding tert-OH is 2. The van der Waals surface area contributed by atoms with Crippen molar-refractivity contribution in [2.24, 2.45) is 0 Å². The van der Waals surface area contributed by atoms with Gasteiger partial charge >= 0.3 is 5.97 Å². The van der Waals surface area contributed by atoms with E-state index < -0.39 is 18.9 Å². The Morgan fingerprint density at radius 2 is 1.80 bits per heavy atom. The van der Waals surface area contributed by atoms with Crippen molar-refractivity contribution in [2.75, 3.05) is 6.61 Å². The lowest BCUT2D eigenvalue weighted by atomic mass is 10.1. The monoisotopic (exact) mass is 218 g/mol. The minimum absolute atomic E-state index is 0.456. The maximum absolute atomic E-state index is 10.6. The summed E-state index contributed by atoms with van der Waals surface area (Å²) in [6.07, 6.45) is 6.15. The molecule has 0 fully saturated rings. The van der Waals surface area contributed by atoms with Crippen molar-refractivity contribution < 1.29 is 19.7 Å². The zero-order valence-electron chi connectivity index (χ0n) is 9.45. The molecule has 0 saturated heterocycles. The molecule has 0 radical (unpaired) electrons. The van der Waals surface area contributed by atoms with Crippen LogP contribution in [-0.2, 0) is 9.53 Å². The van der Waals surface area contributed by atoms with Crippen molar-refractivity contribution in [1.29, 1.82) is 0 Å². The Labute approximate surface area is 91.3 Å². The van der Waals surface area contributed by atoms with Crippen LogP contribution in [0.25, 0.3) is 0 Å². The second-order valence-corrected chi connectivity index (χ2v) is 3.66. The number of rotatable bonds is 9. The van der Waals surface area contributed by atoms with Gasteiger partial charge in [0, 0.05) is 6.42 Å². The van der Waals surface area contributed by atoms with Crippen LogP contribution in [0.2, 0.25) is 0 Å². The molecule has 0 bridgehead atoms. The molecule has 1 unspecified atom stereocenters. The summed E-state index contributed by atoms with van der Waals surface area (Å²) in [5.41, 5.74) is 0. The van der Waals surface area contributed by atoms with Crippen molar-refractivity contribution in [3.8, 4) is 0 Å². The predicted octanol–water partition coefficient (Wildman–Crippen LogP) is 1.59. The Hall–Kier alpha value is -0.610. The van der Waals surface area contributed by atoms with Gasteiger partial charge in [-0.3, -0.25) is 0 Å². The highest BCUT2D eigenvalue weighted by molar-refractivity contribution is 5.70. The van der Waals surface area contributed by atoms with E-state index in [0.717, 1.165) is 19.3 Å². The molecule has 0 aromatic heterocycles. The van der Waals surface area contributed by atoms with Crippen LogP contribution >= 0.6 is 0 Å². The fraction of sp³-hybridized carbons (Fsp3) is 0.909. The average Bonchev–Trinajstić information content (AvgIpc) is 2.23. The summed E-state index contributed by atoms with van der Waals surface area (Å²) in [5.74, 6) is -0.770. The molecule has 2 N–H and O–H groups in total. The third-order valence-electron chi connectivity index (χ3n) is 2.20. The lowest BCUT2D eigenvalue weighted by molar-refractivity contribution is -0.171. The van der Waals surface area contributed by atoms with Gasteiger partial charge in [-0.1, -0.05) is 39.0 Å². The van der Waals surface area contributed by atoms with Gasteiger partial charge in [0.15, 0.2) is 0 Å². The van der Waals surface area contributed by atoms with Gasteiger partial charge in [0.25, 0.3) is 0 Å². The Kier molecular flexibility index (Phi) is 9.52. The Morgan fingerprint density at radius 1 is 1.20 bits per heavy atom. The number of unbranched alkanes of at least 4 members (excludes halogenated alkanes) is 5. The summed E-state index contributed by atoms with van der Waals surface area (Å²) in [7, 11) is 0. The summed E-state index contributed by atoms with van der Waals surface area (Å²) < 4.78 is 4.49. The van der Waals surface area contributed by atoms with Gasteiger partial charge in [0.2, 0.25) is 6.29 Å². The first-order valence-electron chi connectivity index (χ1n) is 5.69. The van der Waals surface area contributed by atoms with E-state index in [2.05, 4.69) is 11.7 Å². The number of hydrogen-bond acceptors (Lipinski definition) is 4. The second-order valence-electron chi connectivity index (χ2n) is 3.66. The molecule has 4 nitrogen and oxygen atoms in total. The normalized spacial score (nSPS) is 12.5. The van der Waals surface area contributed by atoms with E-state index in [0.29, 0.717) is 6.42 Å². The first-order chi connectivity index (χ1) is 7.20. The number of carbonyl (C=O) groups excluding carboxylic acids is 1. The number of ether oxygens (including phenoxy) is 1. The molecule has 0 saturated carbocycles. The molecule has 0 amide bonds. The van der Waals surface area contributed by atoms with Gasteiger partial charge in [-0.05, 0) is 6.42 Å². The largest absolute Gasteiger partial charge is 0.434 e. The fourth-order valence-corrected chi connectivity index (χ4v) is 1.35. The summed E-state index contributed by atoms with van der Waals surface area (Å²) in [6.45, 7) is 1.49. The van der Waals surface area contributed by atoms with E-state index in [1.807, 2.05) is 0 Å². The highest BCUT2D eigenvalue weighted by Crippen LogP contribution is 2.09. The SMILES string of the molecule is CCCCCCCCC(O)OC(=O)CO. The molecule has 4 heteroatoms. The van der Waals surface area contributed by atoms with Crippen LogP contribution in [0.3, 0.4) is 0 Å². The standard InChI is InChI=1S/C11H22O4/c1-2-3-4-5-6-7-8-10(13)15-11(14)9-12/h10,12-13H,2-9H2,1H3. The summed E-state index contributed by atoms with van der Waals surface area (Å²) >= 11 is 0. The van der Waals surface area contributed by atoms with E-state index in [-0.39, 0.29) is 0 Å². The molecule has 0 aromatic carbocycles. The molecule has 0 spiro atoms. The van der Waals surface area contributed by atoms with Crippen LogP contribution in [0.1, 0.15) is 51.9 Å². The summed E-state index contributed by atoms with van der Waals surface area (Å²) in [5, 5.41) is 17.6. The average molecular weight is 218 g/mol. The predicted molar refractivity (Wildman–Crippen MR) is 57.2 cm³/mol. The molecule has 1 atom stereocenters. The molecular weight excluding hydrogens is 196 g/mol. The van der Waals surface area contributed by atoms with E-state index in [4.69, 9.17) is 5.11 Å². The molecule has 0 heterocycles. The van der Waals surface area contributed by atoms with E-state index in [1.165, 1.54) is 19.3 Å². The lowest BCUT2D eigenvalue weighted by Crippen LogP contribution is -2.19. The van der Waals surface area contributed by atoms with Crippen LogP contribution in [-0.4, -0.2) is 29.1 Å². The van der Waals surface area contributed by atoms with Gasteiger partial charge < -0.3 is 14.9 Å². The number of hydrogen-bond donors (Lipinski definition) is 2. The van der Waals surface area contributed by atoms with Crippen LogP contribution in [0.5, 0.6) is 0 Å². The van der Waals surface area contributed by atoms with Crippen molar-refractivity contribution >= 4 is 5.97 Å². The summed E-state index contributed by atoms with van der Waals surface area (Å²) in [4.78, 5) is 10.6. The summed E-state index contributed by atoms with van der Waals surface area (Å²) in [6, 6.07) is 0. The molecule has 0 aliphatic heterocycles. The lowest BCUT2D eigenvalue weighted by Gasteiger charge is -2.10. The van der Waals surface area contributed by atoms with Gasteiger partial charge in [-0.25, -0.2) is 4.79 Å². The molecule has 0 aromatic rings. The topological polar surface area (TPSA) is 66.8 Å². The van der Waals surface area contributed by atoms with Gasteiger partial charge in [0.05, 0.1) is 0 Å².